The van der Waals surface area contributed by atoms with E-state index in [2.05, 4.69) is 132 Å². The van der Waals surface area contributed by atoms with Gasteiger partial charge in [0, 0.05) is 32.6 Å². The van der Waals surface area contributed by atoms with Gasteiger partial charge in [0.15, 0.2) is 0 Å². The molecule has 2 heterocycles. The van der Waals surface area contributed by atoms with Crippen molar-refractivity contribution in [3.63, 3.8) is 0 Å². The monoisotopic (exact) mass is 501 g/mol. The normalized spacial score (nSPS) is 16.0. The van der Waals surface area contributed by atoms with E-state index in [0.717, 1.165) is 0 Å². The van der Waals surface area contributed by atoms with Crippen LogP contribution in [0.3, 0.4) is 0 Å². The molecule has 0 fully saturated rings. The van der Waals surface area contributed by atoms with Crippen molar-refractivity contribution in [3.05, 3.63) is 162 Å². The molecule has 0 spiro atoms. The third-order valence-electron chi connectivity index (χ3n) is 8.08. The summed E-state index contributed by atoms with van der Waals surface area (Å²) in [7, 11) is 0. The number of fused-ring (bicyclic) bond motifs is 6. The summed E-state index contributed by atoms with van der Waals surface area (Å²) in [6, 6.07) is 46.8. The molecule has 0 aliphatic heterocycles. The lowest BCUT2D eigenvalue weighted by Gasteiger charge is -2.34. The summed E-state index contributed by atoms with van der Waals surface area (Å²) in [5.74, 6) is 0. The first-order valence-corrected chi connectivity index (χ1v) is 13.8. The summed E-state index contributed by atoms with van der Waals surface area (Å²) < 4.78 is 2.66. The smallest absolute Gasteiger partial charge is 0.0714 e. The molecule has 2 aromatic heterocycles. The summed E-state index contributed by atoms with van der Waals surface area (Å²) >= 11 is 1.87. The first-order valence-electron chi connectivity index (χ1n) is 13.0. The van der Waals surface area contributed by atoms with Gasteiger partial charge in [-0.2, -0.15) is 0 Å². The number of benzene rings is 5. The summed E-state index contributed by atoms with van der Waals surface area (Å²) in [5, 5.41) is 2.67. The molecule has 5 aromatic carbocycles. The van der Waals surface area contributed by atoms with Crippen LogP contribution in [0, 0.1) is 0 Å². The Hall–Kier alpha value is -4.53. The number of thiophene rings is 1. The minimum atomic E-state index is -0.420. The number of nitrogens with zero attached hydrogens (tertiary/aromatic N) is 1. The number of hydrogen-bond acceptors (Lipinski definition) is 2. The van der Waals surface area contributed by atoms with E-state index < -0.39 is 5.41 Å². The molecule has 1 unspecified atom stereocenters. The van der Waals surface area contributed by atoms with Gasteiger partial charge in [-0.3, -0.25) is 4.98 Å². The van der Waals surface area contributed by atoms with Crippen LogP contribution < -0.4 is 0 Å². The minimum absolute atomic E-state index is 0.420. The molecule has 0 bridgehead atoms. The lowest BCUT2D eigenvalue weighted by atomic mass is 9.67. The van der Waals surface area contributed by atoms with Gasteiger partial charge in [-0.15, -0.1) is 11.3 Å². The molecule has 7 aromatic rings. The maximum absolute atomic E-state index is 4.38. The Morgan fingerprint density at radius 2 is 1.18 bits per heavy atom. The van der Waals surface area contributed by atoms with E-state index in [-0.39, 0.29) is 0 Å². The molecule has 0 saturated carbocycles. The zero-order valence-corrected chi connectivity index (χ0v) is 21.5. The number of hydrogen-bond donors (Lipinski definition) is 0. The Bertz CT molecular complexity index is 1930. The van der Waals surface area contributed by atoms with E-state index in [1.54, 1.807) is 0 Å². The molecule has 0 radical (unpaired) electrons. The van der Waals surface area contributed by atoms with Gasteiger partial charge in [0.2, 0.25) is 0 Å². The largest absolute Gasteiger partial charge is 0.265 e. The average Bonchev–Trinajstić information content (AvgIpc) is 3.52. The Balaban J connectivity index is 1.48. The van der Waals surface area contributed by atoms with Crippen LogP contribution in [-0.4, -0.2) is 4.98 Å². The van der Waals surface area contributed by atoms with Crippen LogP contribution in [0.25, 0.3) is 42.4 Å². The third-order valence-corrected chi connectivity index (χ3v) is 9.21. The maximum atomic E-state index is 4.38. The predicted molar refractivity (Wildman–Crippen MR) is 160 cm³/mol. The van der Waals surface area contributed by atoms with Gasteiger partial charge in [0.25, 0.3) is 0 Å². The summed E-state index contributed by atoms with van der Waals surface area (Å²) in [6.07, 6.45) is 3.84. The fraction of sp³-hybridized carbons (Fsp3) is 0.0278. The average molecular weight is 502 g/mol. The second-order valence-electron chi connectivity index (χ2n) is 9.93. The lowest BCUT2D eigenvalue weighted by molar-refractivity contribution is 0.766. The standard InChI is InChI=1S/C36H23NS/c1-2-9-25(10-3-1)36(26-19-21-37-22-20-26)31-14-6-4-11-28(31)29-18-17-24(23-32(29)36)27-13-8-16-34-35(27)30-12-5-7-15-33(30)38-34/h1-23H. The van der Waals surface area contributed by atoms with Crippen molar-refractivity contribution >= 4 is 31.5 Å². The van der Waals surface area contributed by atoms with Gasteiger partial charge in [-0.25, -0.2) is 0 Å². The molecule has 1 aliphatic rings. The van der Waals surface area contributed by atoms with E-state index in [9.17, 15) is 0 Å². The van der Waals surface area contributed by atoms with Crippen LogP contribution in [0.15, 0.2) is 140 Å². The van der Waals surface area contributed by atoms with Crippen LogP contribution in [0.1, 0.15) is 22.3 Å². The second-order valence-corrected chi connectivity index (χ2v) is 11.0. The molecule has 38 heavy (non-hydrogen) atoms. The highest BCUT2D eigenvalue weighted by molar-refractivity contribution is 7.25. The van der Waals surface area contributed by atoms with Crippen LogP contribution in [0.2, 0.25) is 0 Å². The molecule has 0 amide bonds. The second kappa shape index (κ2) is 8.24. The Morgan fingerprint density at radius 1 is 0.500 bits per heavy atom. The highest BCUT2D eigenvalue weighted by Gasteiger charge is 2.46. The highest BCUT2D eigenvalue weighted by Crippen LogP contribution is 2.56. The molecule has 1 atom stereocenters. The molecule has 1 aliphatic carbocycles. The van der Waals surface area contributed by atoms with Crippen LogP contribution >= 0.6 is 11.3 Å². The van der Waals surface area contributed by atoms with Crippen LogP contribution in [0.4, 0.5) is 0 Å². The Labute approximate surface area is 225 Å². The third kappa shape index (κ3) is 2.89. The molecule has 0 saturated heterocycles. The minimum Gasteiger partial charge on any atom is -0.265 e. The first-order chi connectivity index (χ1) is 18.9. The van der Waals surface area contributed by atoms with Crippen molar-refractivity contribution in [1.82, 2.24) is 4.98 Å². The number of aromatic nitrogens is 1. The van der Waals surface area contributed by atoms with Crippen LogP contribution in [0.5, 0.6) is 0 Å². The van der Waals surface area contributed by atoms with Crippen molar-refractivity contribution in [2.75, 3.05) is 0 Å². The Kier molecular flexibility index (Phi) is 4.67. The van der Waals surface area contributed by atoms with Gasteiger partial charge in [-0.05, 0) is 74.8 Å². The zero-order chi connectivity index (χ0) is 25.1. The number of pyridine rings is 1. The van der Waals surface area contributed by atoms with Gasteiger partial charge in [0.1, 0.15) is 0 Å². The molecule has 8 rings (SSSR count). The fourth-order valence-electron chi connectivity index (χ4n) is 6.54. The van der Waals surface area contributed by atoms with Crippen molar-refractivity contribution in [2.24, 2.45) is 0 Å². The summed E-state index contributed by atoms with van der Waals surface area (Å²) in [4.78, 5) is 4.38. The van der Waals surface area contributed by atoms with E-state index in [0.29, 0.717) is 0 Å². The van der Waals surface area contributed by atoms with Crippen molar-refractivity contribution in [3.8, 4) is 22.3 Å². The summed E-state index contributed by atoms with van der Waals surface area (Å²) in [6.45, 7) is 0. The predicted octanol–water partition coefficient (Wildman–Crippen LogP) is 9.48. The Morgan fingerprint density at radius 3 is 2.08 bits per heavy atom. The van der Waals surface area contributed by atoms with Crippen molar-refractivity contribution < 1.29 is 0 Å². The quantitative estimate of drug-likeness (QED) is 0.235. The number of rotatable bonds is 3. The molecular formula is C36H23NS. The molecule has 0 N–H and O–H groups in total. The van der Waals surface area contributed by atoms with Crippen molar-refractivity contribution in [1.29, 1.82) is 0 Å². The van der Waals surface area contributed by atoms with E-state index >= 15 is 0 Å². The molecular weight excluding hydrogens is 478 g/mol. The summed E-state index contributed by atoms with van der Waals surface area (Å²) in [5.41, 5.74) is 9.87. The zero-order valence-electron chi connectivity index (χ0n) is 20.6. The van der Waals surface area contributed by atoms with Gasteiger partial charge in [0.05, 0.1) is 5.41 Å². The lowest BCUT2D eigenvalue weighted by Crippen LogP contribution is -2.28. The van der Waals surface area contributed by atoms with E-state index in [1.165, 1.54) is 64.7 Å². The van der Waals surface area contributed by atoms with Crippen molar-refractivity contribution in [2.45, 2.75) is 5.41 Å². The first kappa shape index (κ1) is 21.5. The molecule has 178 valence electrons. The topological polar surface area (TPSA) is 12.9 Å². The molecule has 1 nitrogen and oxygen atoms in total. The van der Waals surface area contributed by atoms with Gasteiger partial charge in [-0.1, -0.05) is 97.1 Å². The highest BCUT2D eigenvalue weighted by atomic mass is 32.1. The van der Waals surface area contributed by atoms with Crippen LogP contribution in [-0.2, 0) is 5.41 Å². The maximum Gasteiger partial charge on any atom is 0.0714 e. The fourth-order valence-corrected chi connectivity index (χ4v) is 7.67. The SMILES string of the molecule is c1ccc(C2(c3ccncc3)c3ccccc3-c3ccc(-c4cccc5sc6ccccc6c45)cc32)cc1. The van der Waals surface area contributed by atoms with E-state index in [4.69, 9.17) is 0 Å². The van der Waals surface area contributed by atoms with Gasteiger partial charge < -0.3 is 0 Å². The van der Waals surface area contributed by atoms with E-state index in [1.807, 2.05) is 23.7 Å². The van der Waals surface area contributed by atoms with Gasteiger partial charge >= 0.3 is 0 Å². The molecule has 2 heteroatoms.